The summed E-state index contributed by atoms with van der Waals surface area (Å²) in [5, 5.41) is 3.63. The van der Waals surface area contributed by atoms with E-state index in [0.717, 1.165) is 12.5 Å². The van der Waals surface area contributed by atoms with E-state index in [0.29, 0.717) is 6.04 Å². The lowest BCUT2D eigenvalue weighted by Crippen LogP contribution is -2.38. The van der Waals surface area contributed by atoms with E-state index in [-0.39, 0.29) is 0 Å². The molecule has 0 aromatic heterocycles. The van der Waals surface area contributed by atoms with Gasteiger partial charge in [0.2, 0.25) is 0 Å². The van der Waals surface area contributed by atoms with Crippen molar-refractivity contribution < 1.29 is 0 Å². The molecular weight excluding hydrogens is 172 g/mol. The van der Waals surface area contributed by atoms with Crippen molar-refractivity contribution in [1.29, 1.82) is 0 Å². The number of hydrogen-bond acceptors (Lipinski definition) is 2. The number of nitrogens with one attached hydrogen (secondary N) is 1. The smallest absolute Gasteiger partial charge is 0.0197 e. The average molecular weight is 196 g/mol. The molecule has 14 heavy (non-hydrogen) atoms. The second-order valence-corrected chi connectivity index (χ2v) is 4.68. The minimum atomic E-state index is 0.678. The molecule has 1 saturated heterocycles. The third-order valence-electron chi connectivity index (χ3n) is 2.71. The van der Waals surface area contributed by atoms with E-state index < -0.39 is 0 Å². The summed E-state index contributed by atoms with van der Waals surface area (Å²) >= 11 is 0. The molecule has 0 aliphatic carbocycles. The highest BCUT2D eigenvalue weighted by Crippen LogP contribution is 2.09. The van der Waals surface area contributed by atoms with Crippen molar-refractivity contribution >= 4 is 0 Å². The molecule has 2 nitrogen and oxygen atoms in total. The molecule has 0 bridgehead atoms. The normalized spacial score (nSPS) is 24.9. The quantitative estimate of drug-likeness (QED) is 0.691. The fourth-order valence-electron chi connectivity index (χ4n) is 2.15. The van der Waals surface area contributed by atoms with Crippen molar-refractivity contribution in [2.24, 2.45) is 5.92 Å². The summed E-state index contributed by atoms with van der Waals surface area (Å²) in [7, 11) is 0. The molecule has 0 spiro atoms. The summed E-state index contributed by atoms with van der Waals surface area (Å²) in [5.41, 5.74) is 0. The third kappa shape index (κ3) is 4.25. The third-order valence-corrected chi connectivity index (χ3v) is 2.71. The lowest BCUT2D eigenvalue weighted by atomic mass is 10.0. The maximum absolute atomic E-state index is 3.81. The molecule has 0 amide bonds. The standard InChI is InChI=1S/C12H24N2/c1-4-7-14-8-5-6-13-12(10-14)9-11(2)3/h4,11-13H,1,5-10H2,2-3H3. The van der Waals surface area contributed by atoms with E-state index in [1.807, 2.05) is 6.08 Å². The van der Waals surface area contributed by atoms with Gasteiger partial charge in [0, 0.05) is 19.1 Å². The molecule has 0 aromatic carbocycles. The lowest BCUT2D eigenvalue weighted by Gasteiger charge is -2.24. The molecule has 1 aliphatic rings. The summed E-state index contributed by atoms with van der Waals surface area (Å²) in [4.78, 5) is 2.50. The average Bonchev–Trinajstić information content (AvgIpc) is 2.30. The lowest BCUT2D eigenvalue weighted by molar-refractivity contribution is 0.278. The van der Waals surface area contributed by atoms with Gasteiger partial charge in [-0.2, -0.15) is 0 Å². The fourth-order valence-corrected chi connectivity index (χ4v) is 2.15. The molecule has 2 heteroatoms. The van der Waals surface area contributed by atoms with Gasteiger partial charge in [-0.25, -0.2) is 0 Å². The molecule has 1 aliphatic heterocycles. The SMILES string of the molecule is C=CCN1CCCNC(CC(C)C)C1. The highest BCUT2D eigenvalue weighted by atomic mass is 15.2. The van der Waals surface area contributed by atoms with Gasteiger partial charge in [-0.3, -0.25) is 4.90 Å². The Bertz CT molecular complexity index is 166. The van der Waals surface area contributed by atoms with Crippen LogP contribution < -0.4 is 5.32 Å². The van der Waals surface area contributed by atoms with Gasteiger partial charge in [-0.1, -0.05) is 19.9 Å². The van der Waals surface area contributed by atoms with Gasteiger partial charge in [0.1, 0.15) is 0 Å². The van der Waals surface area contributed by atoms with Gasteiger partial charge in [0.05, 0.1) is 0 Å². The van der Waals surface area contributed by atoms with Crippen LogP contribution in [0.3, 0.4) is 0 Å². The molecule has 82 valence electrons. The monoisotopic (exact) mass is 196 g/mol. The van der Waals surface area contributed by atoms with E-state index in [9.17, 15) is 0 Å². The van der Waals surface area contributed by atoms with E-state index in [2.05, 4.69) is 30.6 Å². The van der Waals surface area contributed by atoms with Crippen LogP contribution in [0.4, 0.5) is 0 Å². The zero-order valence-electron chi connectivity index (χ0n) is 9.63. The number of rotatable bonds is 4. The molecule has 1 atom stereocenters. The maximum Gasteiger partial charge on any atom is 0.0197 e. The van der Waals surface area contributed by atoms with E-state index in [4.69, 9.17) is 0 Å². The van der Waals surface area contributed by atoms with Crippen LogP contribution in [0.15, 0.2) is 12.7 Å². The summed E-state index contributed by atoms with van der Waals surface area (Å²) in [6, 6.07) is 0.678. The van der Waals surface area contributed by atoms with Crippen molar-refractivity contribution in [2.75, 3.05) is 26.2 Å². The second-order valence-electron chi connectivity index (χ2n) is 4.68. The van der Waals surface area contributed by atoms with Gasteiger partial charge in [0.15, 0.2) is 0 Å². The van der Waals surface area contributed by atoms with Crippen LogP contribution in [-0.4, -0.2) is 37.1 Å². The van der Waals surface area contributed by atoms with Gasteiger partial charge in [-0.15, -0.1) is 6.58 Å². The first-order valence-electron chi connectivity index (χ1n) is 5.79. The zero-order chi connectivity index (χ0) is 10.4. The zero-order valence-corrected chi connectivity index (χ0v) is 9.63. The summed E-state index contributed by atoms with van der Waals surface area (Å²) < 4.78 is 0. The van der Waals surface area contributed by atoms with Crippen LogP contribution in [-0.2, 0) is 0 Å². The van der Waals surface area contributed by atoms with Gasteiger partial charge < -0.3 is 5.32 Å². The first kappa shape index (κ1) is 11.7. The van der Waals surface area contributed by atoms with Crippen LogP contribution in [0, 0.1) is 5.92 Å². The summed E-state index contributed by atoms with van der Waals surface area (Å²) in [6.07, 6.45) is 4.56. The first-order chi connectivity index (χ1) is 6.72. The van der Waals surface area contributed by atoms with E-state index >= 15 is 0 Å². The van der Waals surface area contributed by atoms with Crippen molar-refractivity contribution in [2.45, 2.75) is 32.7 Å². The topological polar surface area (TPSA) is 15.3 Å². The highest BCUT2D eigenvalue weighted by molar-refractivity contribution is 4.81. The Labute approximate surface area is 88.4 Å². The molecule has 1 N–H and O–H groups in total. The summed E-state index contributed by atoms with van der Waals surface area (Å²) in [6.45, 7) is 13.0. The highest BCUT2D eigenvalue weighted by Gasteiger charge is 2.17. The Hall–Kier alpha value is -0.340. The fraction of sp³-hybridized carbons (Fsp3) is 0.833. The number of nitrogens with zero attached hydrogens (tertiary/aromatic N) is 1. The molecule has 0 saturated carbocycles. The molecule has 1 rings (SSSR count). The van der Waals surface area contributed by atoms with Gasteiger partial charge in [0.25, 0.3) is 0 Å². The Morgan fingerprint density at radius 1 is 1.57 bits per heavy atom. The largest absolute Gasteiger partial charge is 0.313 e. The van der Waals surface area contributed by atoms with Crippen LogP contribution >= 0.6 is 0 Å². The Balaban J connectivity index is 2.38. The van der Waals surface area contributed by atoms with E-state index in [1.165, 1.54) is 32.5 Å². The minimum absolute atomic E-state index is 0.678. The second kappa shape index (κ2) is 6.20. The van der Waals surface area contributed by atoms with Crippen molar-refractivity contribution in [3.63, 3.8) is 0 Å². The minimum Gasteiger partial charge on any atom is -0.313 e. The van der Waals surface area contributed by atoms with Crippen molar-refractivity contribution in [3.05, 3.63) is 12.7 Å². The molecule has 0 aromatic rings. The van der Waals surface area contributed by atoms with Crippen LogP contribution in [0.25, 0.3) is 0 Å². The van der Waals surface area contributed by atoms with E-state index in [1.54, 1.807) is 0 Å². The van der Waals surface area contributed by atoms with Crippen LogP contribution in [0.5, 0.6) is 0 Å². The van der Waals surface area contributed by atoms with Crippen molar-refractivity contribution in [1.82, 2.24) is 10.2 Å². The van der Waals surface area contributed by atoms with Gasteiger partial charge in [-0.05, 0) is 31.8 Å². The molecular formula is C12H24N2. The predicted molar refractivity (Wildman–Crippen MR) is 62.5 cm³/mol. The molecule has 1 heterocycles. The number of hydrogen-bond donors (Lipinski definition) is 1. The Kier molecular flexibility index (Phi) is 5.20. The van der Waals surface area contributed by atoms with Crippen LogP contribution in [0.2, 0.25) is 0 Å². The molecule has 0 radical (unpaired) electrons. The van der Waals surface area contributed by atoms with Crippen molar-refractivity contribution in [3.8, 4) is 0 Å². The Morgan fingerprint density at radius 3 is 3.00 bits per heavy atom. The first-order valence-corrected chi connectivity index (χ1v) is 5.79. The predicted octanol–water partition coefficient (Wildman–Crippen LogP) is 1.88. The van der Waals surface area contributed by atoms with Crippen LogP contribution in [0.1, 0.15) is 26.7 Å². The summed E-state index contributed by atoms with van der Waals surface area (Å²) in [5.74, 6) is 0.788. The van der Waals surface area contributed by atoms with Gasteiger partial charge >= 0.3 is 0 Å². The maximum atomic E-state index is 3.81. The molecule has 1 unspecified atom stereocenters. The molecule has 1 fully saturated rings. The Morgan fingerprint density at radius 2 is 2.36 bits per heavy atom.